The van der Waals surface area contributed by atoms with Crippen LogP contribution in [0.4, 0.5) is 11.4 Å². The summed E-state index contributed by atoms with van der Waals surface area (Å²) in [5.74, 6) is 0.693. The molecule has 0 radical (unpaired) electrons. The lowest BCUT2D eigenvalue weighted by Gasteiger charge is -2.46. The summed E-state index contributed by atoms with van der Waals surface area (Å²) in [6.45, 7) is 11.3. The zero-order valence-electron chi connectivity index (χ0n) is 14.2. The Labute approximate surface area is 139 Å². The average molecular weight is 313 g/mol. The van der Waals surface area contributed by atoms with Gasteiger partial charge in [-0.05, 0) is 31.9 Å². The first-order valence-electron chi connectivity index (χ1n) is 9.22. The van der Waals surface area contributed by atoms with E-state index in [0.717, 1.165) is 25.8 Å². The van der Waals surface area contributed by atoms with Gasteiger partial charge in [0.1, 0.15) is 0 Å². The molecule has 2 unspecified atom stereocenters. The number of benzene rings is 1. The van der Waals surface area contributed by atoms with E-state index < -0.39 is 0 Å². The van der Waals surface area contributed by atoms with Gasteiger partial charge in [-0.2, -0.15) is 0 Å². The fourth-order valence-corrected chi connectivity index (χ4v) is 5.07. The molecule has 0 aliphatic carbocycles. The van der Waals surface area contributed by atoms with Crippen LogP contribution in [0.25, 0.3) is 0 Å². The molecule has 2 saturated heterocycles. The van der Waals surface area contributed by atoms with Gasteiger partial charge in [0.2, 0.25) is 0 Å². The van der Waals surface area contributed by atoms with E-state index in [1.807, 2.05) is 0 Å². The molecule has 23 heavy (non-hydrogen) atoms. The number of para-hydroxylation sites is 1. The smallest absolute Gasteiger partial charge is 0.0758 e. The number of hydrogen-bond acceptors (Lipinski definition) is 4. The number of hydrogen-bond donors (Lipinski definition) is 0. The summed E-state index contributed by atoms with van der Waals surface area (Å²) < 4.78 is 5.45. The molecule has 2 atom stereocenters. The molecule has 0 saturated carbocycles. The Morgan fingerprint density at radius 1 is 1.09 bits per heavy atom. The van der Waals surface area contributed by atoms with Gasteiger partial charge in [-0.3, -0.25) is 0 Å². The highest BCUT2D eigenvalue weighted by molar-refractivity contribution is 5.81. The molecule has 5 rings (SSSR count). The second kappa shape index (κ2) is 5.12. The maximum absolute atomic E-state index is 5.45. The fraction of sp³-hybridized carbons (Fsp3) is 0.684. The summed E-state index contributed by atoms with van der Waals surface area (Å²) >= 11 is 0. The Hall–Kier alpha value is -1.26. The molecule has 4 nitrogen and oxygen atoms in total. The zero-order chi connectivity index (χ0) is 15.6. The summed E-state index contributed by atoms with van der Waals surface area (Å²) in [6.07, 6.45) is 1.31. The van der Waals surface area contributed by atoms with E-state index in [4.69, 9.17) is 4.74 Å². The SMILES string of the molecule is CC(C)N1CCC2C(C1)c1cccc3c1N2CCN3C1COC1. The Kier molecular flexibility index (Phi) is 3.14. The van der Waals surface area contributed by atoms with E-state index in [9.17, 15) is 0 Å². The van der Waals surface area contributed by atoms with Crippen LogP contribution in [0.2, 0.25) is 0 Å². The van der Waals surface area contributed by atoms with Crippen molar-refractivity contribution in [3.8, 4) is 0 Å². The lowest BCUT2D eigenvalue weighted by atomic mass is 9.88. The van der Waals surface area contributed by atoms with Crippen LogP contribution in [0.3, 0.4) is 0 Å². The first kappa shape index (κ1) is 14.1. The van der Waals surface area contributed by atoms with Gasteiger partial charge >= 0.3 is 0 Å². The van der Waals surface area contributed by atoms with Gasteiger partial charge in [0.15, 0.2) is 0 Å². The highest BCUT2D eigenvalue weighted by Crippen LogP contribution is 2.51. The number of fused-ring (bicyclic) bond motifs is 3. The number of anilines is 2. The molecule has 1 aromatic rings. The first-order valence-corrected chi connectivity index (χ1v) is 9.22. The van der Waals surface area contributed by atoms with Crippen molar-refractivity contribution in [3.63, 3.8) is 0 Å². The molecule has 4 heterocycles. The van der Waals surface area contributed by atoms with Crippen LogP contribution in [0, 0.1) is 0 Å². The molecule has 4 aliphatic heterocycles. The average Bonchev–Trinajstić information content (AvgIpc) is 2.83. The number of nitrogens with zero attached hydrogens (tertiary/aromatic N) is 3. The summed E-state index contributed by atoms with van der Waals surface area (Å²) in [4.78, 5) is 8.01. The van der Waals surface area contributed by atoms with Crippen molar-refractivity contribution in [2.75, 3.05) is 49.2 Å². The molecule has 1 aromatic carbocycles. The highest BCUT2D eigenvalue weighted by atomic mass is 16.5. The van der Waals surface area contributed by atoms with Gasteiger partial charge in [0.05, 0.1) is 30.6 Å². The number of ether oxygens (including phenoxy) is 1. The van der Waals surface area contributed by atoms with Gasteiger partial charge in [0.25, 0.3) is 0 Å². The minimum absolute atomic E-state index is 0.596. The van der Waals surface area contributed by atoms with Gasteiger partial charge in [-0.25, -0.2) is 0 Å². The van der Waals surface area contributed by atoms with E-state index in [2.05, 4.69) is 46.7 Å². The van der Waals surface area contributed by atoms with Crippen molar-refractivity contribution in [3.05, 3.63) is 23.8 Å². The quantitative estimate of drug-likeness (QED) is 0.834. The van der Waals surface area contributed by atoms with Crippen LogP contribution in [0.15, 0.2) is 18.2 Å². The largest absolute Gasteiger partial charge is 0.377 e. The molecule has 0 spiro atoms. The second-order valence-corrected chi connectivity index (χ2v) is 7.84. The van der Waals surface area contributed by atoms with Crippen molar-refractivity contribution in [1.82, 2.24) is 4.90 Å². The maximum atomic E-state index is 5.45. The van der Waals surface area contributed by atoms with Crippen molar-refractivity contribution >= 4 is 11.4 Å². The van der Waals surface area contributed by atoms with Gasteiger partial charge in [0, 0.05) is 44.2 Å². The maximum Gasteiger partial charge on any atom is 0.0758 e. The van der Waals surface area contributed by atoms with E-state index >= 15 is 0 Å². The van der Waals surface area contributed by atoms with Gasteiger partial charge < -0.3 is 19.4 Å². The van der Waals surface area contributed by atoms with Crippen LogP contribution in [-0.2, 0) is 4.74 Å². The minimum Gasteiger partial charge on any atom is -0.377 e. The van der Waals surface area contributed by atoms with Crippen molar-refractivity contribution in [1.29, 1.82) is 0 Å². The molecule has 124 valence electrons. The third-order valence-electron chi connectivity index (χ3n) is 6.42. The second-order valence-electron chi connectivity index (χ2n) is 7.84. The van der Waals surface area contributed by atoms with Crippen LogP contribution >= 0.6 is 0 Å². The standard InChI is InChI=1S/C19H27N3O/c1-13(2)20-7-6-17-16(10-20)15-4-3-5-18-19(15)22(17)9-8-21(18)14-11-23-12-14/h3-5,13-14,16-17H,6-12H2,1-2H3. The monoisotopic (exact) mass is 313 g/mol. The summed E-state index contributed by atoms with van der Waals surface area (Å²) in [5.41, 5.74) is 4.61. The van der Waals surface area contributed by atoms with Crippen LogP contribution in [0.1, 0.15) is 31.7 Å². The number of likely N-dealkylation sites (tertiary alicyclic amines) is 1. The number of rotatable bonds is 2. The lowest BCUT2D eigenvalue weighted by molar-refractivity contribution is 0.00796. The topological polar surface area (TPSA) is 19.0 Å². The van der Waals surface area contributed by atoms with Crippen LogP contribution < -0.4 is 9.80 Å². The van der Waals surface area contributed by atoms with Gasteiger partial charge in [-0.1, -0.05) is 12.1 Å². The highest BCUT2D eigenvalue weighted by Gasteiger charge is 2.46. The molecule has 0 aromatic heterocycles. The zero-order valence-corrected chi connectivity index (χ0v) is 14.2. The molecule has 4 heteroatoms. The molecule has 0 amide bonds. The minimum atomic E-state index is 0.596. The van der Waals surface area contributed by atoms with Crippen molar-refractivity contribution in [2.45, 2.75) is 44.3 Å². The summed E-state index contributed by atoms with van der Waals surface area (Å²) in [7, 11) is 0. The summed E-state index contributed by atoms with van der Waals surface area (Å²) in [6, 6.07) is 8.98. The van der Waals surface area contributed by atoms with Gasteiger partial charge in [-0.15, -0.1) is 0 Å². The van der Waals surface area contributed by atoms with E-state index in [1.54, 1.807) is 11.3 Å². The lowest BCUT2D eigenvalue weighted by Crippen LogP contribution is -2.56. The first-order chi connectivity index (χ1) is 11.2. The predicted molar refractivity (Wildman–Crippen MR) is 93.6 cm³/mol. The van der Waals surface area contributed by atoms with Crippen LogP contribution in [-0.4, -0.2) is 62.4 Å². The Balaban J connectivity index is 1.53. The third kappa shape index (κ3) is 1.97. The Bertz CT molecular complexity index is 613. The van der Waals surface area contributed by atoms with Crippen molar-refractivity contribution < 1.29 is 4.74 Å². The van der Waals surface area contributed by atoms with E-state index in [1.165, 1.54) is 31.7 Å². The normalized spacial score (nSPS) is 30.4. The molecule has 4 aliphatic rings. The Morgan fingerprint density at radius 3 is 2.65 bits per heavy atom. The molecule has 0 N–H and O–H groups in total. The predicted octanol–water partition coefficient (Wildman–Crippen LogP) is 2.29. The summed E-state index contributed by atoms with van der Waals surface area (Å²) in [5, 5.41) is 0. The fourth-order valence-electron chi connectivity index (χ4n) is 5.07. The van der Waals surface area contributed by atoms with Crippen LogP contribution in [0.5, 0.6) is 0 Å². The van der Waals surface area contributed by atoms with E-state index in [0.29, 0.717) is 18.0 Å². The Morgan fingerprint density at radius 2 is 1.91 bits per heavy atom. The van der Waals surface area contributed by atoms with Crippen molar-refractivity contribution in [2.24, 2.45) is 0 Å². The molecular weight excluding hydrogens is 286 g/mol. The number of piperidine rings is 1. The molecule has 0 bridgehead atoms. The van der Waals surface area contributed by atoms with E-state index in [-0.39, 0.29) is 0 Å². The third-order valence-corrected chi connectivity index (χ3v) is 6.42. The molecular formula is C19H27N3O. The molecule has 2 fully saturated rings.